The summed E-state index contributed by atoms with van der Waals surface area (Å²) in [6.45, 7) is 0. The van der Waals surface area contributed by atoms with E-state index in [2.05, 4.69) is 0 Å². The van der Waals surface area contributed by atoms with Gasteiger partial charge in [-0.2, -0.15) is 0 Å². The van der Waals surface area contributed by atoms with Crippen molar-refractivity contribution in [1.82, 2.24) is 0 Å². The van der Waals surface area contributed by atoms with Crippen molar-refractivity contribution in [2.75, 3.05) is 0 Å². The molecule has 0 atom stereocenters. The molecule has 0 aromatic heterocycles. The molecule has 104 valence electrons. The standard InChI is InChI=1S/C18H20O2/c19-17(15-7-3-1-4-8-15)11-13-18(20,14-12-17)16-9-5-2-6-10-16/h1-10,19-20H,11-14H2. The van der Waals surface area contributed by atoms with Crippen molar-refractivity contribution < 1.29 is 10.2 Å². The van der Waals surface area contributed by atoms with Gasteiger partial charge in [-0.05, 0) is 36.8 Å². The molecule has 1 fully saturated rings. The molecule has 2 N–H and O–H groups in total. The molecule has 1 aliphatic rings. The molecule has 0 unspecified atom stereocenters. The summed E-state index contributed by atoms with van der Waals surface area (Å²) in [7, 11) is 0. The van der Waals surface area contributed by atoms with E-state index in [-0.39, 0.29) is 0 Å². The molecule has 1 saturated carbocycles. The quantitative estimate of drug-likeness (QED) is 0.877. The second-order valence-electron chi connectivity index (χ2n) is 5.80. The molecule has 0 bridgehead atoms. The van der Waals surface area contributed by atoms with Crippen LogP contribution in [0.4, 0.5) is 0 Å². The second-order valence-corrected chi connectivity index (χ2v) is 5.80. The van der Waals surface area contributed by atoms with E-state index in [1.54, 1.807) is 0 Å². The Morgan fingerprint density at radius 1 is 0.550 bits per heavy atom. The number of benzene rings is 2. The first-order valence-electron chi connectivity index (χ1n) is 7.18. The third-order valence-corrected chi connectivity index (χ3v) is 4.53. The highest BCUT2D eigenvalue weighted by Gasteiger charge is 2.42. The van der Waals surface area contributed by atoms with E-state index in [9.17, 15) is 10.2 Å². The van der Waals surface area contributed by atoms with Gasteiger partial charge in [-0.3, -0.25) is 0 Å². The van der Waals surface area contributed by atoms with Crippen LogP contribution in [-0.4, -0.2) is 10.2 Å². The van der Waals surface area contributed by atoms with Crippen LogP contribution in [0.1, 0.15) is 36.8 Å². The van der Waals surface area contributed by atoms with Crippen molar-refractivity contribution >= 4 is 0 Å². The minimum atomic E-state index is -0.803. The normalized spacial score (nSPS) is 30.1. The summed E-state index contributed by atoms with van der Waals surface area (Å²) in [6.07, 6.45) is 2.34. The molecule has 2 aromatic carbocycles. The highest BCUT2D eigenvalue weighted by Crippen LogP contribution is 2.45. The molecule has 0 radical (unpaired) electrons. The van der Waals surface area contributed by atoms with E-state index in [0.717, 1.165) is 11.1 Å². The lowest BCUT2D eigenvalue weighted by molar-refractivity contribution is -0.0883. The number of aliphatic hydroxyl groups is 2. The third-order valence-electron chi connectivity index (χ3n) is 4.53. The lowest BCUT2D eigenvalue weighted by Gasteiger charge is -2.41. The molecule has 0 spiro atoms. The van der Waals surface area contributed by atoms with Gasteiger partial charge in [-0.15, -0.1) is 0 Å². The highest BCUT2D eigenvalue weighted by molar-refractivity contribution is 5.27. The summed E-state index contributed by atoms with van der Waals surface area (Å²) >= 11 is 0. The monoisotopic (exact) mass is 268 g/mol. The molecule has 0 saturated heterocycles. The van der Waals surface area contributed by atoms with E-state index in [4.69, 9.17) is 0 Å². The van der Waals surface area contributed by atoms with Gasteiger partial charge in [0, 0.05) is 0 Å². The first kappa shape index (κ1) is 13.3. The van der Waals surface area contributed by atoms with E-state index < -0.39 is 11.2 Å². The summed E-state index contributed by atoms with van der Waals surface area (Å²) in [6, 6.07) is 19.6. The maximum absolute atomic E-state index is 10.8. The van der Waals surface area contributed by atoms with Crippen LogP contribution in [-0.2, 0) is 11.2 Å². The van der Waals surface area contributed by atoms with Crippen LogP contribution >= 0.6 is 0 Å². The van der Waals surface area contributed by atoms with E-state index >= 15 is 0 Å². The van der Waals surface area contributed by atoms with E-state index in [1.165, 1.54) is 0 Å². The Labute approximate surface area is 119 Å². The number of hydrogen-bond donors (Lipinski definition) is 2. The zero-order valence-corrected chi connectivity index (χ0v) is 11.5. The van der Waals surface area contributed by atoms with Crippen molar-refractivity contribution in [1.29, 1.82) is 0 Å². The molecule has 0 amide bonds. The summed E-state index contributed by atoms with van der Waals surface area (Å²) in [5, 5.41) is 21.6. The van der Waals surface area contributed by atoms with Crippen molar-refractivity contribution in [3.63, 3.8) is 0 Å². The van der Waals surface area contributed by atoms with Gasteiger partial charge in [-0.1, -0.05) is 60.7 Å². The molecular formula is C18H20O2. The van der Waals surface area contributed by atoms with E-state index in [0.29, 0.717) is 25.7 Å². The van der Waals surface area contributed by atoms with Crippen LogP contribution in [0.5, 0.6) is 0 Å². The predicted octanol–water partition coefficient (Wildman–Crippen LogP) is 3.34. The van der Waals surface area contributed by atoms with Gasteiger partial charge >= 0.3 is 0 Å². The Kier molecular flexibility index (Phi) is 3.36. The maximum Gasteiger partial charge on any atom is 0.0899 e. The minimum Gasteiger partial charge on any atom is -0.385 e. The third kappa shape index (κ3) is 2.37. The first-order chi connectivity index (χ1) is 9.62. The van der Waals surface area contributed by atoms with Crippen molar-refractivity contribution in [2.24, 2.45) is 0 Å². The SMILES string of the molecule is OC1(c2ccccc2)CCC(O)(c2ccccc2)CC1. The molecule has 2 aromatic rings. The average molecular weight is 268 g/mol. The highest BCUT2D eigenvalue weighted by atomic mass is 16.3. The molecular weight excluding hydrogens is 248 g/mol. The Morgan fingerprint density at radius 3 is 1.15 bits per heavy atom. The Hall–Kier alpha value is -1.64. The molecule has 2 heteroatoms. The van der Waals surface area contributed by atoms with Gasteiger partial charge in [0.2, 0.25) is 0 Å². The summed E-state index contributed by atoms with van der Waals surface area (Å²) in [4.78, 5) is 0. The molecule has 2 nitrogen and oxygen atoms in total. The zero-order valence-electron chi connectivity index (χ0n) is 11.5. The molecule has 3 rings (SSSR count). The van der Waals surface area contributed by atoms with Crippen LogP contribution in [0.15, 0.2) is 60.7 Å². The fourth-order valence-electron chi connectivity index (χ4n) is 3.15. The van der Waals surface area contributed by atoms with Crippen LogP contribution in [0.2, 0.25) is 0 Å². The largest absolute Gasteiger partial charge is 0.385 e. The molecule has 20 heavy (non-hydrogen) atoms. The maximum atomic E-state index is 10.8. The summed E-state index contributed by atoms with van der Waals surface area (Å²) < 4.78 is 0. The molecule has 0 heterocycles. The average Bonchev–Trinajstić information content (AvgIpc) is 2.52. The summed E-state index contributed by atoms with van der Waals surface area (Å²) in [5.74, 6) is 0. The first-order valence-corrected chi connectivity index (χ1v) is 7.18. The van der Waals surface area contributed by atoms with Gasteiger partial charge in [0.15, 0.2) is 0 Å². The van der Waals surface area contributed by atoms with Crippen LogP contribution in [0.25, 0.3) is 0 Å². The van der Waals surface area contributed by atoms with Gasteiger partial charge in [0.1, 0.15) is 0 Å². The fraction of sp³-hybridized carbons (Fsp3) is 0.333. The zero-order chi connectivity index (χ0) is 14.1. The van der Waals surface area contributed by atoms with Gasteiger partial charge < -0.3 is 10.2 Å². The van der Waals surface area contributed by atoms with E-state index in [1.807, 2.05) is 60.7 Å². The number of hydrogen-bond acceptors (Lipinski definition) is 2. The molecule has 1 aliphatic carbocycles. The minimum absolute atomic E-state index is 0.586. The lowest BCUT2D eigenvalue weighted by atomic mass is 9.70. The Morgan fingerprint density at radius 2 is 0.850 bits per heavy atom. The van der Waals surface area contributed by atoms with Gasteiger partial charge in [0.25, 0.3) is 0 Å². The van der Waals surface area contributed by atoms with Crippen molar-refractivity contribution in [3.8, 4) is 0 Å². The topological polar surface area (TPSA) is 40.5 Å². The van der Waals surface area contributed by atoms with Crippen molar-refractivity contribution in [3.05, 3.63) is 71.8 Å². The molecule has 0 aliphatic heterocycles. The summed E-state index contributed by atoms with van der Waals surface area (Å²) in [5.41, 5.74) is 0.301. The smallest absolute Gasteiger partial charge is 0.0899 e. The van der Waals surface area contributed by atoms with Crippen LogP contribution in [0, 0.1) is 0 Å². The lowest BCUT2D eigenvalue weighted by Crippen LogP contribution is -2.39. The van der Waals surface area contributed by atoms with Gasteiger partial charge in [-0.25, -0.2) is 0 Å². The fourth-order valence-corrected chi connectivity index (χ4v) is 3.15. The predicted molar refractivity (Wildman–Crippen MR) is 79.1 cm³/mol. The Balaban J connectivity index is 1.80. The van der Waals surface area contributed by atoms with Crippen molar-refractivity contribution in [2.45, 2.75) is 36.9 Å². The van der Waals surface area contributed by atoms with Crippen LogP contribution < -0.4 is 0 Å². The number of rotatable bonds is 2. The van der Waals surface area contributed by atoms with Gasteiger partial charge in [0.05, 0.1) is 11.2 Å². The Bertz CT molecular complexity index is 501. The second kappa shape index (κ2) is 5.04. The van der Waals surface area contributed by atoms with Crippen LogP contribution in [0.3, 0.4) is 0 Å².